The molecule has 0 aliphatic heterocycles. The van der Waals surface area contributed by atoms with E-state index in [0.717, 1.165) is 23.1 Å². The highest BCUT2D eigenvalue weighted by atomic mass is 32.2. The Morgan fingerprint density at radius 3 is 2.50 bits per heavy atom. The van der Waals surface area contributed by atoms with Gasteiger partial charge in [-0.25, -0.2) is 15.8 Å². The number of nitrogens with two attached hydrogens (primary N) is 1. The molecule has 1 aromatic rings. The van der Waals surface area contributed by atoms with Crippen LogP contribution in [0.15, 0.2) is 6.07 Å². The minimum Gasteiger partial charge on any atom is -0.367 e. The number of anilines is 2. The molecule has 1 unspecified atom stereocenters. The van der Waals surface area contributed by atoms with Gasteiger partial charge in [-0.2, -0.15) is 11.8 Å². The van der Waals surface area contributed by atoms with Gasteiger partial charge >= 0.3 is 0 Å². The maximum absolute atomic E-state index is 5.43. The topological polar surface area (TPSA) is 75.9 Å². The fourth-order valence-electron chi connectivity index (χ4n) is 1.46. The molecule has 0 aromatic carbocycles. The number of nitrogens with zero attached hydrogens (tertiary/aromatic N) is 2. The molecule has 4 N–H and O–H groups in total. The van der Waals surface area contributed by atoms with Crippen LogP contribution in [0, 0.1) is 0 Å². The number of hydrogen-bond acceptors (Lipinski definition) is 6. The third-order valence-electron chi connectivity index (χ3n) is 2.37. The van der Waals surface area contributed by atoms with Crippen LogP contribution in [0.1, 0.15) is 39.4 Å². The van der Waals surface area contributed by atoms with E-state index in [9.17, 15) is 0 Å². The summed E-state index contributed by atoms with van der Waals surface area (Å²) in [6.45, 7) is 8.44. The molecule has 0 bridgehead atoms. The molecule has 1 rings (SSSR count). The summed E-state index contributed by atoms with van der Waals surface area (Å²) in [5, 5.41) is 3.38. The maximum atomic E-state index is 5.43. The van der Waals surface area contributed by atoms with E-state index in [1.165, 1.54) is 0 Å². The normalized spacial score (nSPS) is 12.6. The average molecular weight is 269 g/mol. The van der Waals surface area contributed by atoms with Gasteiger partial charge in [0, 0.05) is 23.8 Å². The van der Waals surface area contributed by atoms with E-state index in [1.54, 1.807) is 0 Å². The van der Waals surface area contributed by atoms with Gasteiger partial charge in [-0.05, 0) is 12.7 Å². The zero-order valence-electron chi connectivity index (χ0n) is 11.5. The smallest absolute Gasteiger partial charge is 0.145 e. The molecule has 0 aliphatic carbocycles. The molecule has 0 saturated carbocycles. The van der Waals surface area contributed by atoms with Gasteiger partial charge in [0.1, 0.15) is 17.5 Å². The van der Waals surface area contributed by atoms with Crippen molar-refractivity contribution in [3.05, 3.63) is 11.9 Å². The van der Waals surface area contributed by atoms with Crippen molar-refractivity contribution in [2.75, 3.05) is 22.2 Å². The second-order valence-corrected chi connectivity index (χ2v) is 5.82. The summed E-state index contributed by atoms with van der Waals surface area (Å²) in [6.07, 6.45) is 0. The SMILES string of the molecule is CCSCC(C)Nc1cc(NN)nc(C(C)C)n1. The highest BCUT2D eigenvalue weighted by molar-refractivity contribution is 7.99. The van der Waals surface area contributed by atoms with Crippen LogP contribution in [-0.2, 0) is 0 Å². The van der Waals surface area contributed by atoms with Gasteiger partial charge < -0.3 is 10.7 Å². The highest BCUT2D eigenvalue weighted by Gasteiger charge is 2.09. The first-order valence-electron chi connectivity index (χ1n) is 6.26. The van der Waals surface area contributed by atoms with Crippen LogP contribution < -0.4 is 16.6 Å². The molecule has 0 radical (unpaired) electrons. The van der Waals surface area contributed by atoms with E-state index in [1.807, 2.05) is 17.8 Å². The van der Waals surface area contributed by atoms with Crippen LogP contribution in [-0.4, -0.2) is 27.5 Å². The molecule has 0 aliphatic rings. The molecule has 0 amide bonds. The fraction of sp³-hybridized carbons (Fsp3) is 0.667. The summed E-state index contributed by atoms with van der Waals surface area (Å²) in [4.78, 5) is 8.83. The summed E-state index contributed by atoms with van der Waals surface area (Å²) in [5.74, 6) is 10.2. The van der Waals surface area contributed by atoms with Gasteiger partial charge in [0.05, 0.1) is 0 Å². The Morgan fingerprint density at radius 2 is 1.94 bits per heavy atom. The molecule has 1 aromatic heterocycles. The monoisotopic (exact) mass is 269 g/mol. The molecule has 0 saturated heterocycles. The molecule has 18 heavy (non-hydrogen) atoms. The first-order chi connectivity index (χ1) is 8.56. The Kier molecular flexibility index (Phi) is 6.21. The zero-order valence-corrected chi connectivity index (χ0v) is 12.3. The van der Waals surface area contributed by atoms with Crippen molar-refractivity contribution < 1.29 is 0 Å². The van der Waals surface area contributed by atoms with E-state index in [4.69, 9.17) is 5.84 Å². The lowest BCUT2D eigenvalue weighted by Gasteiger charge is -2.16. The summed E-state index contributed by atoms with van der Waals surface area (Å²) in [5.41, 5.74) is 2.58. The summed E-state index contributed by atoms with van der Waals surface area (Å²) < 4.78 is 0. The number of aromatic nitrogens is 2. The lowest BCUT2D eigenvalue weighted by Crippen LogP contribution is -2.20. The minimum absolute atomic E-state index is 0.277. The molecule has 0 fully saturated rings. The van der Waals surface area contributed by atoms with E-state index >= 15 is 0 Å². The largest absolute Gasteiger partial charge is 0.367 e. The third-order valence-corrected chi connectivity index (χ3v) is 3.52. The number of hydrazine groups is 1. The Balaban J connectivity index is 2.77. The van der Waals surface area contributed by atoms with E-state index in [-0.39, 0.29) is 5.92 Å². The Labute approximate surface area is 113 Å². The number of nitrogens with one attached hydrogen (secondary N) is 2. The predicted octanol–water partition coefficient (Wildman–Crippen LogP) is 2.44. The van der Waals surface area contributed by atoms with Crippen LogP contribution in [0.25, 0.3) is 0 Å². The summed E-state index contributed by atoms with van der Waals surface area (Å²) >= 11 is 1.91. The van der Waals surface area contributed by atoms with Gasteiger partial charge in [0.25, 0.3) is 0 Å². The molecule has 102 valence electrons. The predicted molar refractivity (Wildman–Crippen MR) is 80.0 cm³/mol. The van der Waals surface area contributed by atoms with Gasteiger partial charge in [-0.15, -0.1) is 0 Å². The Hall–Kier alpha value is -1.01. The average Bonchev–Trinajstić information content (AvgIpc) is 2.35. The number of rotatable bonds is 7. The molecular weight excluding hydrogens is 246 g/mol. The zero-order chi connectivity index (χ0) is 13.5. The van der Waals surface area contributed by atoms with Crippen molar-refractivity contribution >= 4 is 23.4 Å². The minimum atomic E-state index is 0.277. The standard InChI is InChI=1S/C12H23N5S/c1-5-18-7-9(4)14-10-6-11(17-13)16-12(15-10)8(2)3/h6,8-9H,5,7,13H2,1-4H3,(H2,14,15,16,17). The molecular formula is C12H23N5S. The first kappa shape index (κ1) is 15.0. The molecule has 5 nitrogen and oxygen atoms in total. The van der Waals surface area contributed by atoms with Crippen molar-refractivity contribution in [2.45, 2.75) is 39.7 Å². The molecule has 6 heteroatoms. The van der Waals surface area contributed by atoms with Crippen molar-refractivity contribution in [3.63, 3.8) is 0 Å². The van der Waals surface area contributed by atoms with E-state index in [0.29, 0.717) is 11.9 Å². The third kappa shape index (κ3) is 4.70. The lowest BCUT2D eigenvalue weighted by molar-refractivity contribution is 0.771. The first-order valence-corrected chi connectivity index (χ1v) is 7.42. The second-order valence-electron chi connectivity index (χ2n) is 4.50. The highest BCUT2D eigenvalue weighted by Crippen LogP contribution is 2.17. The Morgan fingerprint density at radius 1 is 1.28 bits per heavy atom. The summed E-state index contributed by atoms with van der Waals surface area (Å²) in [6, 6.07) is 2.20. The second kappa shape index (κ2) is 7.43. The van der Waals surface area contributed by atoms with Crippen LogP contribution in [0.4, 0.5) is 11.6 Å². The maximum Gasteiger partial charge on any atom is 0.145 e. The molecule has 1 heterocycles. The van der Waals surface area contributed by atoms with Gasteiger partial charge in [-0.1, -0.05) is 20.8 Å². The van der Waals surface area contributed by atoms with Crippen LogP contribution in [0.5, 0.6) is 0 Å². The quantitative estimate of drug-likeness (QED) is 0.521. The number of nitrogen functional groups attached to an aromatic ring is 1. The van der Waals surface area contributed by atoms with E-state index in [2.05, 4.69) is 48.4 Å². The van der Waals surface area contributed by atoms with Crippen molar-refractivity contribution in [2.24, 2.45) is 5.84 Å². The molecule has 1 atom stereocenters. The van der Waals surface area contributed by atoms with E-state index < -0.39 is 0 Å². The fourth-order valence-corrected chi connectivity index (χ4v) is 2.13. The van der Waals surface area contributed by atoms with Crippen LogP contribution in [0.2, 0.25) is 0 Å². The van der Waals surface area contributed by atoms with Crippen molar-refractivity contribution in [1.82, 2.24) is 9.97 Å². The van der Waals surface area contributed by atoms with Crippen molar-refractivity contribution in [3.8, 4) is 0 Å². The summed E-state index contributed by atoms with van der Waals surface area (Å²) in [7, 11) is 0. The Bertz CT molecular complexity index is 369. The van der Waals surface area contributed by atoms with Gasteiger partial charge in [0.15, 0.2) is 0 Å². The van der Waals surface area contributed by atoms with Gasteiger partial charge in [0.2, 0.25) is 0 Å². The lowest BCUT2D eigenvalue weighted by atomic mass is 10.2. The van der Waals surface area contributed by atoms with Crippen molar-refractivity contribution in [1.29, 1.82) is 0 Å². The van der Waals surface area contributed by atoms with Crippen LogP contribution >= 0.6 is 11.8 Å². The number of hydrogen-bond donors (Lipinski definition) is 3. The van der Waals surface area contributed by atoms with Gasteiger partial charge in [-0.3, -0.25) is 0 Å². The molecule has 0 spiro atoms. The van der Waals surface area contributed by atoms with Crippen LogP contribution in [0.3, 0.4) is 0 Å². The number of thioether (sulfide) groups is 1.